The van der Waals surface area contributed by atoms with Crippen molar-refractivity contribution in [1.82, 2.24) is 4.72 Å². The van der Waals surface area contributed by atoms with Crippen LogP contribution in [0.2, 0.25) is 0 Å². The topological polar surface area (TPSA) is 75.7 Å². The summed E-state index contributed by atoms with van der Waals surface area (Å²) in [6.07, 6.45) is 0. The molecule has 1 N–H and O–H groups in total. The second-order valence-electron chi connectivity index (χ2n) is 5.26. The van der Waals surface area contributed by atoms with Crippen molar-refractivity contribution >= 4 is 32.5 Å². The molecule has 0 aliphatic carbocycles. The molecule has 0 aromatic heterocycles. The Balaban J connectivity index is 2.35. The zero-order chi connectivity index (χ0) is 17.0. The minimum Gasteiger partial charge on any atom is -0.464 e. The van der Waals surface area contributed by atoms with Gasteiger partial charge in [0, 0.05) is 44.0 Å². The number of carbonyl (C=O) groups is 1. The maximum absolute atomic E-state index is 12.5. The van der Waals surface area contributed by atoms with E-state index in [1.165, 1.54) is 6.92 Å². The van der Waals surface area contributed by atoms with E-state index in [4.69, 9.17) is 4.74 Å². The number of benzene rings is 2. The van der Waals surface area contributed by atoms with E-state index in [1.807, 2.05) is 37.2 Å². The Labute approximate surface area is 136 Å². The number of fused-ring (bicyclic) bond motifs is 1. The van der Waals surface area contributed by atoms with Crippen molar-refractivity contribution in [2.24, 2.45) is 0 Å². The van der Waals surface area contributed by atoms with Crippen molar-refractivity contribution in [3.63, 3.8) is 0 Å². The quantitative estimate of drug-likeness (QED) is 0.642. The van der Waals surface area contributed by atoms with Gasteiger partial charge in [-0.05, 0) is 12.1 Å². The lowest BCUT2D eigenvalue weighted by Crippen LogP contribution is -2.28. The Morgan fingerprint density at radius 2 is 1.78 bits per heavy atom. The van der Waals surface area contributed by atoms with Gasteiger partial charge in [-0.2, -0.15) is 0 Å². The van der Waals surface area contributed by atoms with E-state index in [0.717, 1.165) is 11.1 Å². The summed E-state index contributed by atoms with van der Waals surface area (Å²) in [4.78, 5) is 12.9. The molecule has 0 atom stereocenters. The van der Waals surface area contributed by atoms with E-state index in [1.54, 1.807) is 18.2 Å². The fourth-order valence-electron chi connectivity index (χ4n) is 2.34. The highest BCUT2D eigenvalue weighted by Gasteiger charge is 2.18. The molecule has 0 fully saturated rings. The van der Waals surface area contributed by atoms with E-state index < -0.39 is 16.0 Å². The smallest absolute Gasteiger partial charge is 0.302 e. The lowest BCUT2D eigenvalue weighted by molar-refractivity contribution is -0.140. The van der Waals surface area contributed by atoms with Gasteiger partial charge >= 0.3 is 5.97 Å². The van der Waals surface area contributed by atoms with Gasteiger partial charge in [0.2, 0.25) is 10.0 Å². The zero-order valence-corrected chi connectivity index (χ0v) is 14.2. The predicted octanol–water partition coefficient (Wildman–Crippen LogP) is 1.75. The molecule has 0 saturated carbocycles. The number of ether oxygens (including phenoxy) is 1. The number of hydrogen-bond acceptors (Lipinski definition) is 5. The van der Waals surface area contributed by atoms with Gasteiger partial charge in [-0.1, -0.05) is 24.3 Å². The average Bonchev–Trinajstić information content (AvgIpc) is 2.50. The van der Waals surface area contributed by atoms with Crippen LogP contribution in [0.25, 0.3) is 10.8 Å². The summed E-state index contributed by atoms with van der Waals surface area (Å²) in [5.74, 6) is -0.440. The number of hydrogen-bond donors (Lipinski definition) is 1. The van der Waals surface area contributed by atoms with Crippen molar-refractivity contribution in [2.45, 2.75) is 11.8 Å². The number of sulfonamides is 1. The fourth-order valence-corrected chi connectivity index (χ4v) is 3.57. The van der Waals surface area contributed by atoms with Gasteiger partial charge in [-0.3, -0.25) is 4.79 Å². The van der Waals surface area contributed by atoms with Crippen molar-refractivity contribution < 1.29 is 17.9 Å². The number of carbonyl (C=O) groups excluding carboxylic acids is 1. The number of nitrogens with zero attached hydrogens (tertiary/aromatic N) is 1. The van der Waals surface area contributed by atoms with Crippen LogP contribution in [0, 0.1) is 0 Å². The van der Waals surface area contributed by atoms with Crippen LogP contribution in [0.1, 0.15) is 6.92 Å². The first-order valence-corrected chi connectivity index (χ1v) is 8.63. The molecule has 2 aromatic rings. The van der Waals surface area contributed by atoms with Crippen molar-refractivity contribution in [1.29, 1.82) is 0 Å². The third-order valence-corrected chi connectivity index (χ3v) is 4.85. The van der Waals surface area contributed by atoms with Crippen molar-refractivity contribution in [2.75, 3.05) is 32.1 Å². The van der Waals surface area contributed by atoms with E-state index in [0.29, 0.717) is 5.39 Å². The van der Waals surface area contributed by atoms with Crippen LogP contribution in [0.5, 0.6) is 0 Å². The monoisotopic (exact) mass is 336 g/mol. The van der Waals surface area contributed by atoms with E-state index in [-0.39, 0.29) is 18.0 Å². The Hall–Kier alpha value is -2.12. The van der Waals surface area contributed by atoms with Gasteiger partial charge in [-0.15, -0.1) is 0 Å². The molecule has 0 saturated heterocycles. The molecule has 2 rings (SSSR count). The SMILES string of the molecule is CC(=O)OCCNS(=O)(=O)c1cccc2c(N(C)C)cccc12. The second-order valence-corrected chi connectivity index (χ2v) is 7.00. The molecular formula is C16H20N2O4S. The first kappa shape index (κ1) is 17.2. The normalized spacial score (nSPS) is 11.4. The molecule has 0 radical (unpaired) electrons. The van der Waals surface area contributed by atoms with Gasteiger partial charge in [0.15, 0.2) is 0 Å². The summed E-state index contributed by atoms with van der Waals surface area (Å²) in [7, 11) is 0.133. The first-order valence-electron chi connectivity index (χ1n) is 7.15. The summed E-state index contributed by atoms with van der Waals surface area (Å²) in [6.45, 7) is 1.32. The molecule has 6 nitrogen and oxygen atoms in total. The van der Waals surface area contributed by atoms with Crippen LogP contribution in [0.4, 0.5) is 5.69 Å². The minimum atomic E-state index is -3.69. The largest absolute Gasteiger partial charge is 0.464 e. The summed E-state index contributed by atoms with van der Waals surface area (Å²) in [5.41, 5.74) is 0.944. The van der Waals surface area contributed by atoms with Gasteiger partial charge in [0.25, 0.3) is 0 Å². The van der Waals surface area contributed by atoms with E-state index in [2.05, 4.69) is 4.72 Å². The highest BCUT2D eigenvalue weighted by Crippen LogP contribution is 2.29. The third-order valence-electron chi connectivity index (χ3n) is 3.33. The first-order chi connectivity index (χ1) is 10.8. The molecule has 124 valence electrons. The lowest BCUT2D eigenvalue weighted by atomic mass is 10.1. The molecule has 0 aliphatic rings. The fraction of sp³-hybridized carbons (Fsp3) is 0.312. The Bertz CT molecular complexity index is 816. The Morgan fingerprint density at radius 3 is 2.43 bits per heavy atom. The molecule has 0 bridgehead atoms. The summed E-state index contributed by atoms with van der Waals surface area (Å²) >= 11 is 0. The van der Waals surface area contributed by atoms with Gasteiger partial charge < -0.3 is 9.64 Å². The Morgan fingerprint density at radius 1 is 1.13 bits per heavy atom. The van der Waals surface area contributed by atoms with E-state index >= 15 is 0 Å². The van der Waals surface area contributed by atoms with Crippen molar-refractivity contribution in [3.8, 4) is 0 Å². The zero-order valence-electron chi connectivity index (χ0n) is 13.4. The third kappa shape index (κ3) is 4.00. The molecule has 7 heteroatoms. The molecule has 0 amide bonds. The Kier molecular flexibility index (Phi) is 5.23. The lowest BCUT2D eigenvalue weighted by Gasteiger charge is -2.17. The van der Waals surface area contributed by atoms with Gasteiger partial charge in [0.1, 0.15) is 6.61 Å². The minimum absolute atomic E-state index is 0.00226. The number of esters is 1. The second kappa shape index (κ2) is 6.97. The molecule has 0 aliphatic heterocycles. The van der Waals surface area contributed by atoms with Crippen LogP contribution in [0.15, 0.2) is 41.3 Å². The van der Waals surface area contributed by atoms with Crippen LogP contribution in [-0.2, 0) is 19.6 Å². The van der Waals surface area contributed by atoms with Crippen molar-refractivity contribution in [3.05, 3.63) is 36.4 Å². The number of rotatable bonds is 6. The highest BCUT2D eigenvalue weighted by atomic mass is 32.2. The highest BCUT2D eigenvalue weighted by molar-refractivity contribution is 7.89. The van der Waals surface area contributed by atoms with Crippen LogP contribution in [-0.4, -0.2) is 41.6 Å². The molecule has 0 heterocycles. The summed E-state index contributed by atoms with van der Waals surface area (Å²) in [5, 5.41) is 1.51. The van der Waals surface area contributed by atoms with Crippen LogP contribution >= 0.6 is 0 Å². The molecule has 0 spiro atoms. The van der Waals surface area contributed by atoms with E-state index in [9.17, 15) is 13.2 Å². The van der Waals surface area contributed by atoms with Crippen LogP contribution in [0.3, 0.4) is 0 Å². The average molecular weight is 336 g/mol. The number of anilines is 1. The standard InChI is InChI=1S/C16H20N2O4S/c1-12(19)22-11-10-17-23(20,21)16-9-5-6-13-14(16)7-4-8-15(13)18(2)3/h4-9,17H,10-11H2,1-3H3. The molecule has 23 heavy (non-hydrogen) atoms. The summed E-state index contributed by atoms with van der Waals surface area (Å²) < 4.78 is 32.2. The molecule has 0 unspecified atom stereocenters. The summed E-state index contributed by atoms with van der Waals surface area (Å²) in [6, 6.07) is 10.7. The molecule has 2 aromatic carbocycles. The number of nitrogens with one attached hydrogen (secondary N) is 1. The maximum atomic E-state index is 12.5. The predicted molar refractivity (Wildman–Crippen MR) is 90.1 cm³/mol. The molecular weight excluding hydrogens is 316 g/mol. The van der Waals surface area contributed by atoms with Crippen LogP contribution < -0.4 is 9.62 Å². The van der Waals surface area contributed by atoms with Gasteiger partial charge in [-0.25, -0.2) is 13.1 Å². The maximum Gasteiger partial charge on any atom is 0.302 e. The van der Waals surface area contributed by atoms with Gasteiger partial charge in [0.05, 0.1) is 4.90 Å².